The van der Waals surface area contributed by atoms with Crippen LogP contribution in [0.4, 0.5) is 0 Å². The minimum atomic E-state index is -1.40. The van der Waals surface area contributed by atoms with Gasteiger partial charge in [0.15, 0.2) is 5.01 Å². The first-order valence-corrected chi connectivity index (χ1v) is 14.1. The molecule has 38 heavy (non-hydrogen) atoms. The van der Waals surface area contributed by atoms with Crippen molar-refractivity contribution in [2.45, 2.75) is 63.7 Å². The number of nitrogens with zero attached hydrogens (tertiary/aromatic N) is 2. The average Bonchev–Trinajstić information content (AvgIpc) is 3.48. The van der Waals surface area contributed by atoms with Crippen LogP contribution in [0.15, 0.2) is 24.3 Å². The molecule has 1 fully saturated rings. The van der Waals surface area contributed by atoms with E-state index in [-0.39, 0.29) is 42.4 Å². The lowest BCUT2D eigenvalue weighted by Gasteiger charge is -2.42. The maximum Gasteiger partial charge on any atom is 0.280 e. The van der Waals surface area contributed by atoms with Crippen molar-refractivity contribution < 1.29 is 14.4 Å². The number of nitrogens with one attached hydrogen (secondary N) is 3. The van der Waals surface area contributed by atoms with E-state index in [0.717, 1.165) is 41.0 Å². The molecule has 0 bridgehead atoms. The predicted octanol–water partition coefficient (Wildman–Crippen LogP) is 3.27. The highest BCUT2D eigenvalue weighted by atomic mass is 35.5. The second-order valence-electron chi connectivity index (χ2n) is 10.8. The molecular weight excluding hydrogens is 524 g/mol. The molecule has 1 aromatic carbocycles. The van der Waals surface area contributed by atoms with Crippen LogP contribution >= 0.6 is 22.9 Å². The summed E-state index contributed by atoms with van der Waals surface area (Å²) in [6, 6.07) is 6.31. The minimum absolute atomic E-state index is 0.0142. The molecule has 0 saturated heterocycles. The SMILES string of the molecule is CC(C)NC(=O)C1CCC(N)(C(=O)c2cc3cc(Cl)ccc3[nH]2)C(NC(=O)c2nc3c(s2)CN(C)CC3)C1. The number of thiazole rings is 1. The molecule has 3 atom stereocenters. The molecule has 202 valence electrons. The molecule has 2 aliphatic rings. The van der Waals surface area contributed by atoms with Gasteiger partial charge in [-0.05, 0) is 64.4 Å². The molecule has 2 aromatic heterocycles. The maximum atomic E-state index is 13.9. The zero-order valence-electron chi connectivity index (χ0n) is 21.8. The topological polar surface area (TPSA) is 133 Å². The number of Topliss-reactive ketones (excluding diaryl/α,β-unsaturated/α-hetero) is 1. The first-order chi connectivity index (χ1) is 18.0. The van der Waals surface area contributed by atoms with E-state index < -0.39 is 11.6 Å². The van der Waals surface area contributed by atoms with Gasteiger partial charge >= 0.3 is 0 Å². The molecule has 9 nitrogen and oxygen atoms in total. The third-order valence-corrected chi connectivity index (χ3v) is 8.84. The average molecular weight is 557 g/mol. The molecule has 1 saturated carbocycles. The Kier molecular flexibility index (Phi) is 7.34. The van der Waals surface area contributed by atoms with Crippen LogP contribution in [0.1, 0.15) is 64.0 Å². The van der Waals surface area contributed by atoms with Crippen LogP contribution in [0, 0.1) is 5.92 Å². The van der Waals surface area contributed by atoms with Crippen molar-refractivity contribution >= 4 is 51.4 Å². The summed E-state index contributed by atoms with van der Waals surface area (Å²) in [6.07, 6.45) is 1.74. The number of nitrogens with two attached hydrogens (primary N) is 1. The summed E-state index contributed by atoms with van der Waals surface area (Å²) >= 11 is 7.51. The lowest BCUT2D eigenvalue weighted by atomic mass is 9.70. The number of fused-ring (bicyclic) bond motifs is 2. The Bertz CT molecular complexity index is 1400. The monoisotopic (exact) mass is 556 g/mol. The van der Waals surface area contributed by atoms with Crippen LogP contribution in [0.2, 0.25) is 5.02 Å². The largest absolute Gasteiger partial charge is 0.354 e. The fraction of sp³-hybridized carbons (Fsp3) is 0.481. The number of aromatic amines is 1. The number of ketones is 1. The smallest absolute Gasteiger partial charge is 0.280 e. The quantitative estimate of drug-likeness (QED) is 0.344. The Morgan fingerprint density at radius 3 is 2.84 bits per heavy atom. The van der Waals surface area contributed by atoms with Gasteiger partial charge in [-0.3, -0.25) is 14.4 Å². The van der Waals surface area contributed by atoms with Crippen molar-refractivity contribution in [3.05, 3.63) is 50.6 Å². The number of hydrogen-bond donors (Lipinski definition) is 4. The third-order valence-electron chi connectivity index (χ3n) is 7.52. The molecule has 3 aromatic rings. The Hall–Kier alpha value is -2.79. The second-order valence-corrected chi connectivity index (χ2v) is 12.3. The molecule has 3 unspecified atom stereocenters. The van der Waals surface area contributed by atoms with Gasteiger partial charge in [0.25, 0.3) is 5.91 Å². The van der Waals surface area contributed by atoms with E-state index in [1.54, 1.807) is 18.2 Å². The van der Waals surface area contributed by atoms with Crippen molar-refractivity contribution in [2.24, 2.45) is 11.7 Å². The van der Waals surface area contributed by atoms with E-state index in [2.05, 4.69) is 25.5 Å². The van der Waals surface area contributed by atoms with E-state index in [1.807, 2.05) is 27.0 Å². The highest BCUT2D eigenvalue weighted by Crippen LogP contribution is 2.35. The number of likely N-dealkylation sites (N-methyl/N-ethyl adjacent to an activating group) is 1. The number of benzene rings is 1. The number of H-pyrrole nitrogens is 1. The van der Waals surface area contributed by atoms with Crippen LogP contribution < -0.4 is 16.4 Å². The third kappa shape index (κ3) is 5.22. The summed E-state index contributed by atoms with van der Waals surface area (Å²) in [5.74, 6) is -1.14. The standard InChI is InChI=1S/C27H33ClN6O3S/c1-14(2)30-24(36)15-6-8-27(29,23(35)20-11-16-10-17(28)4-5-18(16)31-20)22(12-15)33-25(37)26-32-19-7-9-34(3)13-21(19)38-26/h4-5,10-11,14-15,22,31H,6-9,12-13,29H2,1-3H3,(H,30,36)(H,33,37). The molecule has 3 heterocycles. The van der Waals surface area contributed by atoms with Gasteiger partial charge < -0.3 is 26.3 Å². The Labute approximate surface area is 230 Å². The van der Waals surface area contributed by atoms with Gasteiger partial charge in [-0.2, -0.15) is 0 Å². The number of halogens is 1. The summed E-state index contributed by atoms with van der Waals surface area (Å²) < 4.78 is 0. The lowest BCUT2D eigenvalue weighted by Crippen LogP contribution is -2.66. The van der Waals surface area contributed by atoms with Gasteiger partial charge in [0, 0.05) is 52.3 Å². The van der Waals surface area contributed by atoms with Crippen LogP contribution in [-0.2, 0) is 17.8 Å². The van der Waals surface area contributed by atoms with Gasteiger partial charge in [-0.15, -0.1) is 11.3 Å². The maximum absolute atomic E-state index is 13.9. The minimum Gasteiger partial charge on any atom is -0.354 e. The highest BCUT2D eigenvalue weighted by molar-refractivity contribution is 7.13. The summed E-state index contributed by atoms with van der Waals surface area (Å²) in [7, 11) is 2.04. The first kappa shape index (κ1) is 26.8. The molecule has 0 radical (unpaired) electrons. The van der Waals surface area contributed by atoms with Gasteiger partial charge in [-0.1, -0.05) is 11.6 Å². The molecular formula is C27H33ClN6O3S. The Morgan fingerprint density at radius 1 is 1.29 bits per heavy atom. The Balaban J connectivity index is 1.43. The van der Waals surface area contributed by atoms with Gasteiger partial charge in [0.2, 0.25) is 11.7 Å². The van der Waals surface area contributed by atoms with Crippen LogP contribution in [0.3, 0.4) is 0 Å². The highest BCUT2D eigenvalue weighted by Gasteiger charge is 2.49. The van der Waals surface area contributed by atoms with Crippen molar-refractivity contribution in [1.29, 1.82) is 0 Å². The van der Waals surface area contributed by atoms with E-state index in [1.165, 1.54) is 11.3 Å². The fourth-order valence-corrected chi connectivity index (χ4v) is 6.69. The van der Waals surface area contributed by atoms with Crippen molar-refractivity contribution in [3.8, 4) is 0 Å². The van der Waals surface area contributed by atoms with E-state index in [0.29, 0.717) is 22.1 Å². The summed E-state index contributed by atoms with van der Waals surface area (Å²) in [4.78, 5) is 51.2. The van der Waals surface area contributed by atoms with Gasteiger partial charge in [0.1, 0.15) is 5.54 Å². The summed E-state index contributed by atoms with van der Waals surface area (Å²) in [5.41, 5.74) is 7.54. The van der Waals surface area contributed by atoms with E-state index >= 15 is 0 Å². The zero-order chi connectivity index (χ0) is 27.2. The number of aromatic nitrogens is 2. The van der Waals surface area contributed by atoms with Crippen molar-refractivity contribution in [3.63, 3.8) is 0 Å². The number of carbonyl (C=O) groups is 3. The van der Waals surface area contributed by atoms with Gasteiger partial charge in [0.05, 0.1) is 17.4 Å². The molecule has 11 heteroatoms. The van der Waals surface area contributed by atoms with Crippen LogP contribution in [-0.4, -0.2) is 63.7 Å². The molecule has 1 aliphatic heterocycles. The number of hydrogen-bond acceptors (Lipinski definition) is 7. The second kappa shape index (κ2) is 10.4. The summed E-state index contributed by atoms with van der Waals surface area (Å²) in [6.45, 7) is 5.45. The molecule has 1 aliphatic carbocycles. The zero-order valence-corrected chi connectivity index (χ0v) is 23.3. The Morgan fingerprint density at radius 2 is 2.08 bits per heavy atom. The molecule has 2 amide bonds. The predicted molar refractivity (Wildman–Crippen MR) is 149 cm³/mol. The fourth-order valence-electron chi connectivity index (χ4n) is 5.42. The lowest BCUT2D eigenvalue weighted by molar-refractivity contribution is -0.127. The van der Waals surface area contributed by atoms with Gasteiger partial charge in [-0.25, -0.2) is 4.98 Å². The molecule has 0 spiro atoms. The number of amides is 2. The first-order valence-electron chi connectivity index (χ1n) is 12.9. The normalized spacial score (nSPS) is 23.8. The summed E-state index contributed by atoms with van der Waals surface area (Å²) in [5, 5.41) is 7.69. The number of carbonyl (C=O) groups excluding carboxylic acids is 3. The molecule has 5 N–H and O–H groups in total. The van der Waals surface area contributed by atoms with E-state index in [9.17, 15) is 14.4 Å². The molecule has 5 rings (SSSR count). The van der Waals surface area contributed by atoms with Crippen molar-refractivity contribution in [1.82, 2.24) is 25.5 Å². The van der Waals surface area contributed by atoms with Crippen LogP contribution in [0.5, 0.6) is 0 Å². The van der Waals surface area contributed by atoms with Crippen LogP contribution in [0.25, 0.3) is 10.9 Å². The number of rotatable bonds is 6. The van der Waals surface area contributed by atoms with Crippen molar-refractivity contribution in [2.75, 3.05) is 13.6 Å². The van der Waals surface area contributed by atoms with E-state index in [4.69, 9.17) is 17.3 Å².